The number of rotatable bonds is 3. The molecule has 0 aliphatic rings. The van der Waals surface area contributed by atoms with Gasteiger partial charge in [0, 0.05) is 15.4 Å². The van der Waals surface area contributed by atoms with Gasteiger partial charge in [-0.1, -0.05) is 0 Å². The van der Waals surface area contributed by atoms with Crippen LogP contribution in [-0.4, -0.2) is 21.6 Å². The molecule has 0 saturated carbocycles. The molecule has 0 aliphatic heterocycles. The number of hydrogen-bond acceptors (Lipinski definition) is 2. The van der Waals surface area contributed by atoms with Crippen LogP contribution in [0.25, 0.3) is 11.0 Å². The number of H-pyrrole nitrogens is 1. The molecule has 0 aliphatic carbocycles. The Morgan fingerprint density at radius 2 is 2.31 bits per heavy atom. The highest BCUT2D eigenvalue weighted by molar-refractivity contribution is 14.1. The van der Waals surface area contributed by atoms with Crippen molar-refractivity contribution >= 4 is 57.6 Å². The molecule has 16 heavy (non-hydrogen) atoms. The first-order valence-corrected chi connectivity index (χ1v) is 7.90. The lowest BCUT2D eigenvalue weighted by Gasteiger charge is -2.12. The summed E-state index contributed by atoms with van der Waals surface area (Å²) in [6.07, 6.45) is 2.12. The van der Waals surface area contributed by atoms with Gasteiger partial charge in [-0.3, -0.25) is 0 Å². The van der Waals surface area contributed by atoms with E-state index in [1.54, 1.807) is 0 Å². The normalized spacial score (nSPS) is 13.2. The summed E-state index contributed by atoms with van der Waals surface area (Å²) in [7, 11) is 0. The molecule has 1 aromatic carbocycles. The van der Waals surface area contributed by atoms with Gasteiger partial charge < -0.3 is 9.55 Å². The van der Waals surface area contributed by atoms with Crippen molar-refractivity contribution in [3.05, 3.63) is 26.5 Å². The second kappa shape index (κ2) is 5.10. The zero-order valence-electron chi connectivity index (χ0n) is 9.16. The molecule has 2 rings (SSSR count). The van der Waals surface area contributed by atoms with Crippen LogP contribution in [0.3, 0.4) is 0 Å². The Morgan fingerprint density at radius 1 is 1.56 bits per heavy atom. The molecule has 0 amide bonds. The second-order valence-electron chi connectivity index (χ2n) is 3.77. The van der Waals surface area contributed by atoms with E-state index < -0.39 is 0 Å². The lowest BCUT2D eigenvalue weighted by molar-refractivity contribution is 0.620. The second-order valence-corrected chi connectivity index (χ2v) is 6.31. The number of halogens is 1. The Bertz CT molecular complexity index is 559. The third-order valence-corrected chi connectivity index (χ3v) is 4.31. The van der Waals surface area contributed by atoms with E-state index in [1.807, 2.05) is 11.8 Å². The molecule has 5 heteroatoms. The van der Waals surface area contributed by atoms with Crippen LogP contribution in [0.5, 0.6) is 0 Å². The van der Waals surface area contributed by atoms with Gasteiger partial charge in [-0.25, -0.2) is 0 Å². The van der Waals surface area contributed by atoms with Gasteiger partial charge in [0.1, 0.15) is 0 Å². The maximum atomic E-state index is 5.38. The van der Waals surface area contributed by atoms with Crippen LogP contribution >= 0.6 is 46.6 Å². The Kier molecular flexibility index (Phi) is 3.97. The van der Waals surface area contributed by atoms with Gasteiger partial charge in [0.05, 0.1) is 11.0 Å². The van der Waals surface area contributed by atoms with Crippen molar-refractivity contribution in [2.75, 3.05) is 12.0 Å². The summed E-state index contributed by atoms with van der Waals surface area (Å²) >= 11 is 9.54. The Morgan fingerprint density at radius 3 is 3.00 bits per heavy atom. The van der Waals surface area contributed by atoms with E-state index in [9.17, 15) is 0 Å². The minimum absolute atomic E-state index is 0.427. The summed E-state index contributed by atoms with van der Waals surface area (Å²) < 4.78 is 4.25. The number of thioether (sulfide) groups is 1. The van der Waals surface area contributed by atoms with Crippen LogP contribution in [-0.2, 0) is 0 Å². The fraction of sp³-hybridized carbons (Fsp3) is 0.364. The van der Waals surface area contributed by atoms with E-state index in [0.29, 0.717) is 6.04 Å². The van der Waals surface area contributed by atoms with Gasteiger partial charge in [0.2, 0.25) is 0 Å². The molecule has 0 spiro atoms. The largest absolute Gasteiger partial charge is 0.331 e. The van der Waals surface area contributed by atoms with Crippen LogP contribution in [0, 0.1) is 8.34 Å². The molecule has 0 fully saturated rings. The molecule has 1 aromatic heterocycles. The lowest BCUT2D eigenvalue weighted by atomic mass is 10.3. The van der Waals surface area contributed by atoms with Crippen molar-refractivity contribution < 1.29 is 0 Å². The average Bonchev–Trinajstić information content (AvgIpc) is 2.53. The fourth-order valence-corrected chi connectivity index (χ4v) is 3.37. The first-order chi connectivity index (χ1) is 7.63. The van der Waals surface area contributed by atoms with E-state index in [2.05, 4.69) is 63.5 Å². The third kappa shape index (κ3) is 2.31. The minimum atomic E-state index is 0.427. The van der Waals surface area contributed by atoms with Crippen molar-refractivity contribution in [1.29, 1.82) is 0 Å². The monoisotopic (exact) mass is 364 g/mol. The zero-order valence-corrected chi connectivity index (χ0v) is 12.9. The number of aromatic amines is 1. The van der Waals surface area contributed by atoms with Crippen molar-refractivity contribution in [1.82, 2.24) is 9.55 Å². The lowest BCUT2D eigenvalue weighted by Crippen LogP contribution is -2.07. The van der Waals surface area contributed by atoms with E-state index in [0.717, 1.165) is 16.0 Å². The summed E-state index contributed by atoms with van der Waals surface area (Å²) in [5, 5.41) is 0. The molecular weight excluding hydrogens is 351 g/mol. The number of imidazole rings is 1. The first kappa shape index (κ1) is 12.4. The smallest absolute Gasteiger partial charge is 0.178 e. The molecule has 2 nitrogen and oxygen atoms in total. The maximum Gasteiger partial charge on any atom is 0.178 e. The van der Waals surface area contributed by atoms with Crippen LogP contribution in [0.1, 0.15) is 13.0 Å². The van der Waals surface area contributed by atoms with Crippen LogP contribution < -0.4 is 0 Å². The number of aromatic nitrogens is 2. The van der Waals surface area contributed by atoms with Crippen molar-refractivity contribution in [2.45, 2.75) is 13.0 Å². The Balaban J connectivity index is 2.60. The quantitative estimate of drug-likeness (QED) is 0.650. The van der Waals surface area contributed by atoms with Crippen molar-refractivity contribution in [3.8, 4) is 0 Å². The first-order valence-electron chi connectivity index (χ1n) is 5.02. The average molecular weight is 364 g/mol. The maximum absolute atomic E-state index is 5.38. The van der Waals surface area contributed by atoms with Gasteiger partial charge in [-0.05, 0) is 66.2 Å². The van der Waals surface area contributed by atoms with Crippen molar-refractivity contribution in [2.24, 2.45) is 0 Å². The molecule has 1 unspecified atom stereocenters. The summed E-state index contributed by atoms with van der Waals surface area (Å²) in [6.45, 7) is 2.21. The van der Waals surface area contributed by atoms with Crippen molar-refractivity contribution in [3.63, 3.8) is 0 Å². The number of nitrogens with one attached hydrogen (secondary N) is 1. The summed E-state index contributed by atoms with van der Waals surface area (Å²) in [5.41, 5.74) is 2.33. The number of nitrogens with zero attached hydrogens (tertiary/aromatic N) is 1. The molecule has 0 radical (unpaired) electrons. The Labute approximate surface area is 118 Å². The summed E-state index contributed by atoms with van der Waals surface area (Å²) in [6, 6.07) is 6.82. The van der Waals surface area contributed by atoms with E-state index >= 15 is 0 Å². The summed E-state index contributed by atoms with van der Waals surface area (Å²) in [5.74, 6) is 1.08. The molecular formula is C11H13IN2S2. The van der Waals surface area contributed by atoms with Gasteiger partial charge in [0.15, 0.2) is 4.77 Å². The van der Waals surface area contributed by atoms with Gasteiger partial charge in [-0.2, -0.15) is 11.8 Å². The van der Waals surface area contributed by atoms with Crippen LogP contribution in [0.4, 0.5) is 0 Å². The predicted octanol–water partition coefficient (Wildman–Crippen LogP) is 4.23. The fourth-order valence-electron chi connectivity index (χ4n) is 1.86. The number of hydrogen-bond donors (Lipinski definition) is 1. The molecule has 2 aromatic rings. The third-order valence-electron chi connectivity index (χ3n) is 2.53. The SMILES string of the molecule is CSCC(C)n1c(=S)[nH]c2cc(I)ccc21. The Hall–Kier alpha value is -0.0100. The molecule has 1 heterocycles. The standard InChI is InChI=1S/C11H13IN2S2/c1-7(6-16-2)14-10-4-3-8(12)5-9(10)13-11(14)15/h3-5,7H,6H2,1-2H3,(H,13,15). The van der Waals surface area contributed by atoms with E-state index in [1.165, 1.54) is 9.09 Å². The van der Waals surface area contributed by atoms with Crippen LogP contribution in [0.15, 0.2) is 18.2 Å². The number of benzene rings is 1. The molecule has 1 atom stereocenters. The number of fused-ring (bicyclic) bond motifs is 1. The highest BCUT2D eigenvalue weighted by Crippen LogP contribution is 2.22. The highest BCUT2D eigenvalue weighted by Gasteiger charge is 2.10. The zero-order chi connectivity index (χ0) is 11.7. The topological polar surface area (TPSA) is 20.7 Å². The van der Waals surface area contributed by atoms with Gasteiger partial charge in [0.25, 0.3) is 0 Å². The molecule has 0 saturated heterocycles. The molecule has 86 valence electrons. The molecule has 0 bridgehead atoms. The van der Waals surface area contributed by atoms with Gasteiger partial charge in [-0.15, -0.1) is 0 Å². The van der Waals surface area contributed by atoms with E-state index in [-0.39, 0.29) is 0 Å². The minimum Gasteiger partial charge on any atom is -0.331 e. The highest BCUT2D eigenvalue weighted by atomic mass is 127. The summed E-state index contributed by atoms with van der Waals surface area (Å²) in [4.78, 5) is 3.27. The van der Waals surface area contributed by atoms with Gasteiger partial charge >= 0.3 is 0 Å². The van der Waals surface area contributed by atoms with E-state index in [4.69, 9.17) is 12.2 Å². The predicted molar refractivity (Wildman–Crippen MR) is 82.9 cm³/mol. The molecule has 1 N–H and O–H groups in total. The van der Waals surface area contributed by atoms with Crippen LogP contribution in [0.2, 0.25) is 0 Å².